The zero-order valence-electron chi connectivity index (χ0n) is 17.2. The average molecular weight is 405 g/mol. The molecule has 156 valence electrons. The van der Waals surface area contributed by atoms with Crippen LogP contribution in [-0.4, -0.2) is 40.1 Å². The van der Waals surface area contributed by atoms with Gasteiger partial charge in [0, 0.05) is 25.6 Å². The molecule has 1 aliphatic rings. The first kappa shape index (κ1) is 20.3. The number of nitrogens with zero attached hydrogens (tertiary/aromatic N) is 3. The first-order chi connectivity index (χ1) is 14.7. The summed E-state index contributed by atoms with van der Waals surface area (Å²) in [5.74, 6) is 1.45. The van der Waals surface area contributed by atoms with Gasteiger partial charge < -0.3 is 9.73 Å². The van der Waals surface area contributed by atoms with Crippen LogP contribution in [-0.2, 0) is 24.2 Å². The van der Waals surface area contributed by atoms with E-state index in [1.54, 1.807) is 0 Å². The fourth-order valence-corrected chi connectivity index (χ4v) is 3.82. The van der Waals surface area contributed by atoms with Crippen molar-refractivity contribution in [1.82, 2.24) is 20.4 Å². The first-order valence-electron chi connectivity index (χ1n) is 10.7. The summed E-state index contributed by atoms with van der Waals surface area (Å²) in [7, 11) is 0. The molecule has 0 radical (unpaired) electrons. The maximum absolute atomic E-state index is 12.3. The normalized spacial score (nSPS) is 15.2. The molecule has 1 saturated heterocycles. The maximum Gasteiger partial charge on any atom is 0.230 e. The van der Waals surface area contributed by atoms with Gasteiger partial charge in [0.15, 0.2) is 0 Å². The summed E-state index contributed by atoms with van der Waals surface area (Å²) in [4.78, 5) is 14.6. The quantitative estimate of drug-likeness (QED) is 0.623. The van der Waals surface area contributed by atoms with Crippen molar-refractivity contribution in [2.24, 2.45) is 0 Å². The Bertz CT molecular complexity index is 919. The fraction of sp³-hybridized carbons (Fsp3) is 0.375. The zero-order valence-corrected chi connectivity index (χ0v) is 17.2. The van der Waals surface area contributed by atoms with Crippen LogP contribution in [0.1, 0.15) is 42.2 Å². The molecule has 6 nitrogen and oxygen atoms in total. The van der Waals surface area contributed by atoms with Crippen LogP contribution < -0.4 is 5.32 Å². The molecule has 4 rings (SSSR count). The number of aromatic nitrogens is 2. The number of hydrogen-bond acceptors (Lipinski definition) is 5. The van der Waals surface area contributed by atoms with E-state index in [4.69, 9.17) is 4.42 Å². The molecular weight excluding hydrogens is 376 g/mol. The molecule has 6 heteroatoms. The molecule has 0 unspecified atom stereocenters. The van der Waals surface area contributed by atoms with E-state index in [9.17, 15) is 4.79 Å². The van der Waals surface area contributed by atoms with E-state index in [1.165, 1.54) is 5.56 Å². The Morgan fingerprint density at radius 1 is 0.933 bits per heavy atom. The van der Waals surface area contributed by atoms with E-state index in [1.807, 2.05) is 36.4 Å². The number of hydrogen-bond donors (Lipinski definition) is 1. The Hall–Kier alpha value is -2.99. The third-order valence-electron chi connectivity index (χ3n) is 5.50. The highest BCUT2D eigenvalue weighted by Gasteiger charge is 2.22. The smallest absolute Gasteiger partial charge is 0.230 e. The summed E-state index contributed by atoms with van der Waals surface area (Å²) in [5, 5.41) is 11.6. The van der Waals surface area contributed by atoms with Crippen molar-refractivity contribution in [1.29, 1.82) is 0 Å². The van der Waals surface area contributed by atoms with E-state index in [-0.39, 0.29) is 11.9 Å². The molecule has 30 heavy (non-hydrogen) atoms. The molecule has 2 heterocycles. The summed E-state index contributed by atoms with van der Waals surface area (Å²) in [6.45, 7) is 2.50. The molecule has 1 aromatic heterocycles. The minimum atomic E-state index is 0.139. The van der Waals surface area contributed by atoms with Crippen molar-refractivity contribution in [2.45, 2.75) is 44.7 Å². The van der Waals surface area contributed by atoms with E-state index in [0.717, 1.165) is 37.9 Å². The number of carbonyl (C=O) groups is 1. The standard InChI is InChI=1S/C24H28N4O2/c29-22(12-11-19-7-3-1-4-8-19)25-21-13-15-28(16-14-21)18-24-27-26-23(30-24)17-20-9-5-2-6-10-20/h1-10,21H,11-18H2,(H,25,29). The number of aryl methyl sites for hydroxylation is 1. The van der Waals surface area contributed by atoms with E-state index in [2.05, 4.69) is 44.7 Å². The summed E-state index contributed by atoms with van der Waals surface area (Å²) in [6.07, 6.45) is 3.87. The van der Waals surface area contributed by atoms with Crippen LogP contribution in [0.5, 0.6) is 0 Å². The average Bonchev–Trinajstić information content (AvgIpc) is 3.22. The van der Waals surface area contributed by atoms with Crippen LogP contribution in [0.2, 0.25) is 0 Å². The van der Waals surface area contributed by atoms with Gasteiger partial charge in [-0.25, -0.2) is 0 Å². The number of nitrogens with one attached hydrogen (secondary N) is 1. The molecular formula is C24H28N4O2. The topological polar surface area (TPSA) is 71.3 Å². The largest absolute Gasteiger partial charge is 0.424 e. The lowest BCUT2D eigenvalue weighted by Gasteiger charge is -2.31. The van der Waals surface area contributed by atoms with Crippen molar-refractivity contribution in [2.75, 3.05) is 13.1 Å². The van der Waals surface area contributed by atoms with Gasteiger partial charge in [-0.3, -0.25) is 9.69 Å². The molecule has 3 aromatic rings. The van der Waals surface area contributed by atoms with Gasteiger partial charge in [0.1, 0.15) is 0 Å². The molecule has 0 aliphatic carbocycles. The Morgan fingerprint density at radius 2 is 1.57 bits per heavy atom. The van der Waals surface area contributed by atoms with Gasteiger partial charge in [0.2, 0.25) is 17.7 Å². The summed E-state index contributed by atoms with van der Waals surface area (Å²) >= 11 is 0. The molecule has 1 aliphatic heterocycles. The lowest BCUT2D eigenvalue weighted by atomic mass is 10.0. The van der Waals surface area contributed by atoms with Crippen molar-refractivity contribution >= 4 is 5.91 Å². The SMILES string of the molecule is O=C(CCc1ccccc1)NC1CCN(Cc2nnc(Cc3ccccc3)o2)CC1. The zero-order chi connectivity index (χ0) is 20.6. The van der Waals surface area contributed by atoms with E-state index >= 15 is 0 Å². The van der Waals surface area contributed by atoms with Crippen LogP contribution in [0.25, 0.3) is 0 Å². The van der Waals surface area contributed by atoms with Crippen LogP contribution in [0.4, 0.5) is 0 Å². The lowest BCUT2D eigenvalue weighted by molar-refractivity contribution is -0.122. The highest BCUT2D eigenvalue weighted by Crippen LogP contribution is 2.15. The predicted molar refractivity (Wildman–Crippen MR) is 115 cm³/mol. The Morgan fingerprint density at radius 3 is 2.27 bits per heavy atom. The Kier molecular flexibility index (Phi) is 6.87. The second kappa shape index (κ2) is 10.2. The highest BCUT2D eigenvalue weighted by molar-refractivity contribution is 5.76. The van der Waals surface area contributed by atoms with Gasteiger partial charge in [0.25, 0.3) is 0 Å². The van der Waals surface area contributed by atoms with Crippen molar-refractivity contribution in [3.8, 4) is 0 Å². The number of benzene rings is 2. The van der Waals surface area contributed by atoms with Crippen molar-refractivity contribution < 1.29 is 9.21 Å². The molecule has 0 bridgehead atoms. The van der Waals surface area contributed by atoms with E-state index < -0.39 is 0 Å². The fourth-order valence-electron chi connectivity index (χ4n) is 3.82. The van der Waals surface area contributed by atoms with Crippen molar-refractivity contribution in [3.05, 3.63) is 83.6 Å². The minimum Gasteiger partial charge on any atom is -0.424 e. The predicted octanol–water partition coefficient (Wildman–Crippen LogP) is 3.37. The van der Waals surface area contributed by atoms with Gasteiger partial charge >= 0.3 is 0 Å². The Labute approximate surface area is 177 Å². The minimum absolute atomic E-state index is 0.139. The van der Waals surface area contributed by atoms with E-state index in [0.29, 0.717) is 31.2 Å². The molecule has 0 atom stereocenters. The first-order valence-corrected chi connectivity index (χ1v) is 10.7. The van der Waals surface area contributed by atoms with Crippen LogP contribution in [0, 0.1) is 0 Å². The monoisotopic (exact) mass is 404 g/mol. The summed E-state index contributed by atoms with van der Waals surface area (Å²) in [5.41, 5.74) is 2.37. The summed E-state index contributed by atoms with van der Waals surface area (Å²) in [6, 6.07) is 20.5. The molecule has 1 amide bonds. The molecule has 1 N–H and O–H groups in total. The number of piperidine rings is 1. The van der Waals surface area contributed by atoms with Crippen LogP contribution in [0.3, 0.4) is 0 Å². The molecule has 0 spiro atoms. The Balaban J connectivity index is 1.17. The van der Waals surface area contributed by atoms with Gasteiger partial charge in [-0.1, -0.05) is 60.7 Å². The molecule has 2 aromatic carbocycles. The molecule has 1 fully saturated rings. The third-order valence-corrected chi connectivity index (χ3v) is 5.50. The van der Waals surface area contributed by atoms with Gasteiger partial charge in [-0.15, -0.1) is 10.2 Å². The van der Waals surface area contributed by atoms with Crippen molar-refractivity contribution in [3.63, 3.8) is 0 Å². The lowest BCUT2D eigenvalue weighted by Crippen LogP contribution is -2.44. The maximum atomic E-state index is 12.3. The number of amides is 1. The second-order valence-corrected chi connectivity index (χ2v) is 7.86. The van der Waals surface area contributed by atoms with Gasteiger partial charge in [-0.2, -0.15) is 0 Å². The van der Waals surface area contributed by atoms with Gasteiger partial charge in [-0.05, 0) is 30.4 Å². The van der Waals surface area contributed by atoms with Crippen LogP contribution in [0.15, 0.2) is 65.1 Å². The second-order valence-electron chi connectivity index (χ2n) is 7.86. The number of likely N-dealkylation sites (tertiary alicyclic amines) is 1. The molecule has 0 saturated carbocycles. The number of carbonyl (C=O) groups excluding carboxylic acids is 1. The van der Waals surface area contributed by atoms with Gasteiger partial charge in [0.05, 0.1) is 13.0 Å². The highest BCUT2D eigenvalue weighted by atomic mass is 16.4. The summed E-state index contributed by atoms with van der Waals surface area (Å²) < 4.78 is 5.82. The third kappa shape index (κ3) is 6.00. The van der Waals surface area contributed by atoms with Crippen LogP contribution >= 0.6 is 0 Å². The number of rotatable bonds is 8.